The zero-order chi connectivity index (χ0) is 15.2. The lowest BCUT2D eigenvalue weighted by Crippen LogP contribution is -2.06. The molecule has 0 fully saturated rings. The van der Waals surface area contributed by atoms with Gasteiger partial charge in [-0.1, -0.05) is 39.7 Å². The van der Waals surface area contributed by atoms with Gasteiger partial charge in [-0.15, -0.1) is 0 Å². The molecule has 0 heterocycles. The lowest BCUT2D eigenvalue weighted by Gasteiger charge is -2.14. The number of hydrogen-bond donors (Lipinski definition) is 1. The molecular formula is C16H17BrClNO2. The van der Waals surface area contributed by atoms with Crippen molar-refractivity contribution in [2.24, 2.45) is 5.73 Å². The van der Waals surface area contributed by atoms with Crippen molar-refractivity contribution in [2.45, 2.75) is 13.0 Å². The largest absolute Gasteiger partial charge is 0.497 e. The first-order chi connectivity index (χ1) is 10.2. The number of ether oxygens (including phenoxy) is 2. The average molecular weight is 371 g/mol. The highest BCUT2D eigenvalue weighted by atomic mass is 79.9. The van der Waals surface area contributed by atoms with E-state index in [-0.39, 0.29) is 0 Å². The molecule has 0 spiro atoms. The Labute approximate surface area is 138 Å². The summed E-state index contributed by atoms with van der Waals surface area (Å²) in [6, 6.07) is 11.5. The molecule has 0 amide bonds. The molecule has 0 aromatic heterocycles. The second-order valence-corrected chi connectivity index (χ2v) is 5.77. The van der Waals surface area contributed by atoms with E-state index in [1.165, 1.54) is 0 Å². The number of nitrogens with two attached hydrogens (primary N) is 1. The van der Waals surface area contributed by atoms with Crippen molar-refractivity contribution < 1.29 is 9.47 Å². The fraction of sp³-hybridized carbons (Fsp3) is 0.250. The van der Waals surface area contributed by atoms with Crippen LogP contribution in [0.2, 0.25) is 5.02 Å². The molecule has 0 saturated heterocycles. The van der Waals surface area contributed by atoms with Gasteiger partial charge >= 0.3 is 0 Å². The second-order valence-electron chi connectivity index (χ2n) is 4.51. The van der Waals surface area contributed by atoms with Crippen LogP contribution in [-0.4, -0.2) is 13.7 Å². The Hall–Kier alpha value is -1.23. The number of hydrogen-bond acceptors (Lipinski definition) is 3. The molecule has 0 aliphatic rings. The molecule has 5 heteroatoms. The number of halogens is 2. The highest BCUT2D eigenvalue weighted by Gasteiger charge is 2.10. The number of methoxy groups -OCH3 is 1. The highest BCUT2D eigenvalue weighted by Crippen LogP contribution is 2.31. The van der Waals surface area contributed by atoms with Gasteiger partial charge in [0.05, 0.1) is 12.1 Å². The zero-order valence-electron chi connectivity index (χ0n) is 11.7. The molecule has 0 aliphatic heterocycles. The molecule has 112 valence electrons. The quantitative estimate of drug-likeness (QED) is 0.829. The third kappa shape index (κ3) is 4.13. The molecule has 0 unspecified atom stereocenters. The van der Waals surface area contributed by atoms with Crippen molar-refractivity contribution >= 4 is 27.5 Å². The molecular weight excluding hydrogens is 354 g/mol. The van der Waals surface area contributed by atoms with E-state index in [1.807, 2.05) is 36.4 Å². The Kier molecular flexibility index (Phi) is 5.91. The minimum Gasteiger partial charge on any atom is -0.497 e. The maximum atomic E-state index is 6.23. The van der Waals surface area contributed by atoms with Gasteiger partial charge < -0.3 is 15.2 Å². The topological polar surface area (TPSA) is 44.5 Å². The van der Waals surface area contributed by atoms with Gasteiger partial charge in [0, 0.05) is 10.0 Å². The molecule has 2 N–H and O–H groups in total. The van der Waals surface area contributed by atoms with Crippen LogP contribution in [0, 0.1) is 0 Å². The number of rotatable bonds is 6. The second kappa shape index (κ2) is 7.69. The summed E-state index contributed by atoms with van der Waals surface area (Å²) in [7, 11) is 1.64. The zero-order valence-corrected chi connectivity index (χ0v) is 14.1. The van der Waals surface area contributed by atoms with Gasteiger partial charge in [0.2, 0.25) is 0 Å². The van der Waals surface area contributed by atoms with Gasteiger partial charge in [-0.2, -0.15) is 0 Å². The molecule has 2 rings (SSSR count). The summed E-state index contributed by atoms with van der Waals surface area (Å²) in [5.74, 6) is 1.48. The maximum Gasteiger partial charge on any atom is 0.141 e. The number of para-hydroxylation sites is 1. The summed E-state index contributed by atoms with van der Waals surface area (Å²) in [5, 5.41) is 0.597. The normalized spacial score (nSPS) is 10.5. The average Bonchev–Trinajstić information content (AvgIpc) is 2.48. The summed E-state index contributed by atoms with van der Waals surface area (Å²) in [4.78, 5) is 0. The van der Waals surface area contributed by atoms with E-state index in [2.05, 4.69) is 15.9 Å². The molecule has 0 aliphatic carbocycles. The van der Waals surface area contributed by atoms with Gasteiger partial charge in [-0.3, -0.25) is 0 Å². The Morgan fingerprint density at radius 2 is 2.00 bits per heavy atom. The summed E-state index contributed by atoms with van der Waals surface area (Å²) in [5.41, 5.74) is 7.64. The SMILES string of the molecule is COc1ccc(Br)c(COc2c(Cl)cccc2CCN)c1. The molecule has 21 heavy (non-hydrogen) atoms. The van der Waals surface area contributed by atoms with Crippen LogP contribution in [0.5, 0.6) is 11.5 Å². The first-order valence-electron chi connectivity index (χ1n) is 6.58. The van der Waals surface area contributed by atoms with Crippen LogP contribution < -0.4 is 15.2 Å². The van der Waals surface area contributed by atoms with E-state index in [9.17, 15) is 0 Å². The standard InChI is InChI=1S/C16H17BrClNO2/c1-20-13-5-6-14(17)12(9-13)10-21-16-11(7-8-19)3-2-4-15(16)18/h2-6,9H,7-8,10,19H2,1H3. The van der Waals surface area contributed by atoms with Crippen LogP contribution in [-0.2, 0) is 13.0 Å². The molecule has 2 aromatic rings. The van der Waals surface area contributed by atoms with Gasteiger partial charge in [0.15, 0.2) is 0 Å². The van der Waals surface area contributed by atoms with Gasteiger partial charge in [-0.25, -0.2) is 0 Å². The predicted octanol–water partition coefficient (Wildman–Crippen LogP) is 4.19. The van der Waals surface area contributed by atoms with Crippen LogP contribution >= 0.6 is 27.5 Å². The van der Waals surface area contributed by atoms with E-state index in [0.717, 1.165) is 27.8 Å². The summed E-state index contributed by atoms with van der Waals surface area (Å²) >= 11 is 9.74. The first kappa shape index (κ1) is 16.1. The van der Waals surface area contributed by atoms with Crippen LogP contribution in [0.4, 0.5) is 0 Å². The van der Waals surface area contributed by atoms with Gasteiger partial charge in [0.1, 0.15) is 18.1 Å². The van der Waals surface area contributed by atoms with Crippen molar-refractivity contribution in [1.29, 1.82) is 0 Å². The third-order valence-electron chi connectivity index (χ3n) is 3.09. The Bertz CT molecular complexity index is 619. The molecule has 0 radical (unpaired) electrons. The fourth-order valence-electron chi connectivity index (χ4n) is 2.01. The minimum absolute atomic E-state index is 0.402. The van der Waals surface area contributed by atoms with Crippen LogP contribution in [0.15, 0.2) is 40.9 Å². The molecule has 0 saturated carbocycles. The van der Waals surface area contributed by atoms with E-state index in [4.69, 9.17) is 26.8 Å². The van der Waals surface area contributed by atoms with E-state index in [0.29, 0.717) is 23.9 Å². The molecule has 3 nitrogen and oxygen atoms in total. The van der Waals surface area contributed by atoms with E-state index >= 15 is 0 Å². The summed E-state index contributed by atoms with van der Waals surface area (Å²) < 4.78 is 12.1. The summed E-state index contributed by atoms with van der Waals surface area (Å²) in [6.45, 7) is 0.957. The van der Waals surface area contributed by atoms with E-state index < -0.39 is 0 Å². The number of benzene rings is 2. The Morgan fingerprint density at radius 3 is 2.71 bits per heavy atom. The van der Waals surface area contributed by atoms with Crippen LogP contribution in [0.1, 0.15) is 11.1 Å². The van der Waals surface area contributed by atoms with Gasteiger partial charge in [-0.05, 0) is 42.8 Å². The van der Waals surface area contributed by atoms with E-state index in [1.54, 1.807) is 7.11 Å². The molecule has 0 atom stereocenters. The Balaban J connectivity index is 2.20. The fourth-order valence-corrected chi connectivity index (χ4v) is 2.62. The van der Waals surface area contributed by atoms with Crippen LogP contribution in [0.3, 0.4) is 0 Å². The van der Waals surface area contributed by atoms with Crippen LogP contribution in [0.25, 0.3) is 0 Å². The lowest BCUT2D eigenvalue weighted by molar-refractivity contribution is 0.301. The predicted molar refractivity (Wildman–Crippen MR) is 89.2 cm³/mol. The van der Waals surface area contributed by atoms with Crippen molar-refractivity contribution in [1.82, 2.24) is 0 Å². The monoisotopic (exact) mass is 369 g/mol. The van der Waals surface area contributed by atoms with Crippen molar-refractivity contribution in [3.05, 3.63) is 57.0 Å². The molecule has 2 aromatic carbocycles. The minimum atomic E-state index is 0.402. The highest BCUT2D eigenvalue weighted by molar-refractivity contribution is 9.10. The molecule has 0 bridgehead atoms. The smallest absolute Gasteiger partial charge is 0.141 e. The third-order valence-corrected chi connectivity index (χ3v) is 4.16. The first-order valence-corrected chi connectivity index (χ1v) is 7.75. The van der Waals surface area contributed by atoms with Crippen molar-refractivity contribution in [3.63, 3.8) is 0 Å². The van der Waals surface area contributed by atoms with Crippen molar-refractivity contribution in [3.8, 4) is 11.5 Å². The van der Waals surface area contributed by atoms with Crippen molar-refractivity contribution in [2.75, 3.05) is 13.7 Å². The maximum absolute atomic E-state index is 6.23. The Morgan fingerprint density at radius 1 is 1.19 bits per heavy atom. The van der Waals surface area contributed by atoms with Gasteiger partial charge in [0.25, 0.3) is 0 Å². The lowest BCUT2D eigenvalue weighted by atomic mass is 10.1. The summed E-state index contributed by atoms with van der Waals surface area (Å²) in [6.07, 6.45) is 0.731.